The maximum absolute atomic E-state index is 8.64. The molecule has 1 heterocycles. The van der Waals surface area contributed by atoms with Crippen LogP contribution in [0.25, 0.3) is 0 Å². The maximum Gasteiger partial charge on any atom is 0.140 e. The quantitative estimate of drug-likeness (QED) is 0.763. The zero-order valence-corrected chi connectivity index (χ0v) is 9.52. The molecule has 1 aliphatic rings. The Balaban J connectivity index is 2.00. The van der Waals surface area contributed by atoms with Gasteiger partial charge in [0.15, 0.2) is 0 Å². The van der Waals surface area contributed by atoms with Crippen LogP contribution in [0.1, 0.15) is 38.3 Å². The second kappa shape index (κ2) is 4.98. The number of rotatable bonds is 2. The van der Waals surface area contributed by atoms with E-state index in [0.29, 0.717) is 17.7 Å². The first kappa shape index (κ1) is 10.9. The minimum atomic E-state index is 0.309. The molecule has 2 rings (SSSR count). The van der Waals surface area contributed by atoms with Crippen molar-refractivity contribution >= 4 is 0 Å². The van der Waals surface area contributed by atoms with Crippen molar-refractivity contribution in [3.8, 4) is 11.8 Å². The molecule has 1 fully saturated rings. The first-order chi connectivity index (χ1) is 7.79. The van der Waals surface area contributed by atoms with Crippen LogP contribution in [0.5, 0.6) is 5.75 Å². The largest absolute Gasteiger partial charge is 0.489 e. The molecule has 2 unspecified atom stereocenters. The molecule has 1 saturated carbocycles. The van der Waals surface area contributed by atoms with Gasteiger partial charge in [0.05, 0.1) is 6.20 Å². The van der Waals surface area contributed by atoms with Gasteiger partial charge in [-0.2, -0.15) is 5.26 Å². The normalized spacial score (nSPS) is 24.8. The number of hydrogen-bond donors (Lipinski definition) is 0. The Labute approximate surface area is 96.1 Å². The molecule has 1 aromatic rings. The lowest BCUT2D eigenvalue weighted by molar-refractivity contribution is 0.102. The monoisotopic (exact) mass is 216 g/mol. The van der Waals surface area contributed by atoms with E-state index in [0.717, 1.165) is 12.2 Å². The summed E-state index contributed by atoms with van der Waals surface area (Å²) in [6, 6.07) is 5.52. The number of ether oxygens (including phenoxy) is 1. The van der Waals surface area contributed by atoms with E-state index in [1.54, 1.807) is 12.3 Å². The van der Waals surface area contributed by atoms with Crippen molar-refractivity contribution in [1.29, 1.82) is 5.26 Å². The minimum Gasteiger partial charge on any atom is -0.489 e. The summed E-state index contributed by atoms with van der Waals surface area (Å²) in [5.41, 5.74) is 0.434. The fourth-order valence-electron chi connectivity index (χ4n) is 2.15. The highest BCUT2D eigenvalue weighted by Gasteiger charge is 2.22. The van der Waals surface area contributed by atoms with Gasteiger partial charge in [-0.15, -0.1) is 0 Å². The van der Waals surface area contributed by atoms with Crippen LogP contribution in [0.15, 0.2) is 18.3 Å². The summed E-state index contributed by atoms with van der Waals surface area (Å²) in [4.78, 5) is 4.00. The lowest BCUT2D eigenvalue weighted by Gasteiger charge is -2.29. The molecule has 1 aliphatic carbocycles. The summed E-state index contributed by atoms with van der Waals surface area (Å²) >= 11 is 0. The van der Waals surface area contributed by atoms with Crippen LogP contribution in [0.2, 0.25) is 0 Å². The van der Waals surface area contributed by atoms with E-state index in [2.05, 4.69) is 11.9 Å². The average molecular weight is 216 g/mol. The molecule has 0 saturated heterocycles. The summed E-state index contributed by atoms with van der Waals surface area (Å²) in [6.07, 6.45) is 6.88. The SMILES string of the molecule is CC1CCCCC1Oc1ccc(C#N)nc1. The zero-order chi connectivity index (χ0) is 11.4. The molecule has 16 heavy (non-hydrogen) atoms. The molecular weight excluding hydrogens is 200 g/mol. The summed E-state index contributed by atoms with van der Waals surface area (Å²) in [5.74, 6) is 1.39. The van der Waals surface area contributed by atoms with Crippen molar-refractivity contribution in [3.05, 3.63) is 24.0 Å². The molecular formula is C13H16N2O. The molecule has 0 radical (unpaired) electrons. The fraction of sp³-hybridized carbons (Fsp3) is 0.538. The van der Waals surface area contributed by atoms with Crippen molar-refractivity contribution in [3.63, 3.8) is 0 Å². The second-order valence-corrected chi connectivity index (χ2v) is 4.41. The van der Waals surface area contributed by atoms with Crippen molar-refractivity contribution in [2.75, 3.05) is 0 Å². The third-order valence-corrected chi connectivity index (χ3v) is 3.17. The number of pyridine rings is 1. The van der Waals surface area contributed by atoms with E-state index < -0.39 is 0 Å². The van der Waals surface area contributed by atoms with Crippen molar-refractivity contribution in [1.82, 2.24) is 4.98 Å². The van der Waals surface area contributed by atoms with Crippen LogP contribution in [0.3, 0.4) is 0 Å². The van der Waals surface area contributed by atoms with Gasteiger partial charge in [0.2, 0.25) is 0 Å². The third-order valence-electron chi connectivity index (χ3n) is 3.17. The molecule has 3 heteroatoms. The molecule has 0 aliphatic heterocycles. The summed E-state index contributed by atoms with van der Waals surface area (Å²) in [6.45, 7) is 2.24. The van der Waals surface area contributed by atoms with Gasteiger partial charge in [-0.1, -0.05) is 13.3 Å². The lowest BCUT2D eigenvalue weighted by Crippen LogP contribution is -2.28. The molecule has 84 valence electrons. The van der Waals surface area contributed by atoms with Gasteiger partial charge in [0, 0.05) is 0 Å². The molecule has 0 spiro atoms. The van der Waals surface area contributed by atoms with E-state index >= 15 is 0 Å². The molecule has 1 aromatic heterocycles. The van der Waals surface area contributed by atoms with Gasteiger partial charge in [-0.3, -0.25) is 0 Å². The smallest absolute Gasteiger partial charge is 0.140 e. The predicted molar refractivity (Wildman–Crippen MR) is 61.0 cm³/mol. The summed E-state index contributed by atoms with van der Waals surface area (Å²) in [5, 5.41) is 8.64. The molecule has 0 N–H and O–H groups in total. The van der Waals surface area contributed by atoms with Crippen molar-refractivity contribution in [2.45, 2.75) is 38.7 Å². The highest BCUT2D eigenvalue weighted by Crippen LogP contribution is 2.27. The van der Waals surface area contributed by atoms with E-state index in [-0.39, 0.29) is 0 Å². The Kier molecular flexibility index (Phi) is 3.40. The zero-order valence-electron chi connectivity index (χ0n) is 9.52. The van der Waals surface area contributed by atoms with Crippen LogP contribution < -0.4 is 4.74 Å². The van der Waals surface area contributed by atoms with Gasteiger partial charge in [0.1, 0.15) is 23.6 Å². The van der Waals surface area contributed by atoms with Crippen LogP contribution >= 0.6 is 0 Å². The Morgan fingerprint density at radius 3 is 2.81 bits per heavy atom. The van der Waals surface area contributed by atoms with Crippen LogP contribution in [0.4, 0.5) is 0 Å². The Morgan fingerprint density at radius 2 is 2.19 bits per heavy atom. The van der Waals surface area contributed by atoms with Gasteiger partial charge in [0.25, 0.3) is 0 Å². The van der Waals surface area contributed by atoms with Crippen LogP contribution in [-0.4, -0.2) is 11.1 Å². The van der Waals surface area contributed by atoms with Crippen LogP contribution in [0, 0.1) is 17.2 Å². The van der Waals surface area contributed by atoms with Crippen LogP contribution in [-0.2, 0) is 0 Å². The standard InChI is InChI=1S/C13H16N2O/c1-10-4-2-3-5-13(10)16-12-7-6-11(8-14)15-9-12/h6-7,9-10,13H,2-5H2,1H3. The number of nitrogens with zero attached hydrogens (tertiary/aromatic N) is 2. The van der Waals surface area contributed by atoms with Crippen molar-refractivity contribution in [2.24, 2.45) is 5.92 Å². The van der Waals surface area contributed by atoms with E-state index in [1.807, 2.05) is 12.1 Å². The molecule has 2 atom stereocenters. The van der Waals surface area contributed by atoms with E-state index in [4.69, 9.17) is 10.00 Å². The minimum absolute atomic E-state index is 0.309. The highest BCUT2D eigenvalue weighted by atomic mass is 16.5. The highest BCUT2D eigenvalue weighted by molar-refractivity contribution is 5.26. The summed E-state index contributed by atoms with van der Waals surface area (Å²) < 4.78 is 5.90. The average Bonchev–Trinajstić information content (AvgIpc) is 2.33. The van der Waals surface area contributed by atoms with E-state index in [9.17, 15) is 0 Å². The topological polar surface area (TPSA) is 45.9 Å². The van der Waals surface area contributed by atoms with Gasteiger partial charge >= 0.3 is 0 Å². The second-order valence-electron chi connectivity index (χ2n) is 4.41. The van der Waals surface area contributed by atoms with E-state index in [1.165, 1.54) is 19.3 Å². The molecule has 3 nitrogen and oxygen atoms in total. The molecule has 0 amide bonds. The van der Waals surface area contributed by atoms with Gasteiger partial charge in [-0.05, 0) is 37.3 Å². The van der Waals surface area contributed by atoms with Crippen molar-refractivity contribution < 1.29 is 4.74 Å². The maximum atomic E-state index is 8.64. The Hall–Kier alpha value is -1.56. The first-order valence-electron chi connectivity index (χ1n) is 5.82. The third kappa shape index (κ3) is 2.52. The molecule has 0 bridgehead atoms. The number of hydrogen-bond acceptors (Lipinski definition) is 3. The summed E-state index contributed by atoms with van der Waals surface area (Å²) in [7, 11) is 0. The first-order valence-corrected chi connectivity index (χ1v) is 5.82. The fourth-order valence-corrected chi connectivity index (χ4v) is 2.15. The Bertz CT molecular complexity index is 380. The Morgan fingerprint density at radius 1 is 1.38 bits per heavy atom. The van der Waals surface area contributed by atoms with Gasteiger partial charge < -0.3 is 4.74 Å². The predicted octanol–water partition coefficient (Wildman–Crippen LogP) is 2.91. The number of aromatic nitrogens is 1. The molecule has 0 aromatic carbocycles. The number of nitriles is 1. The van der Waals surface area contributed by atoms with Gasteiger partial charge in [-0.25, -0.2) is 4.98 Å². The lowest BCUT2D eigenvalue weighted by atomic mass is 9.88.